The van der Waals surface area contributed by atoms with Crippen molar-refractivity contribution < 1.29 is 0 Å². The van der Waals surface area contributed by atoms with Gasteiger partial charge in [-0.1, -0.05) is 80.4 Å². The Hall–Kier alpha value is -1.53. The van der Waals surface area contributed by atoms with Crippen LogP contribution in [0.15, 0.2) is 48.5 Å². The summed E-state index contributed by atoms with van der Waals surface area (Å²) in [5, 5.41) is 11.4. The molecule has 0 spiro atoms. The third-order valence-electron chi connectivity index (χ3n) is 5.91. The minimum absolute atomic E-state index is 0.103. The highest BCUT2D eigenvalue weighted by molar-refractivity contribution is 6.36. The molecule has 0 aliphatic carbocycles. The molecule has 0 radical (unpaired) electrons. The van der Waals surface area contributed by atoms with Crippen LogP contribution in [-0.4, -0.2) is 17.5 Å². The molecule has 0 aliphatic rings. The molecule has 29 heavy (non-hydrogen) atoms. The van der Waals surface area contributed by atoms with E-state index >= 15 is 0 Å². The summed E-state index contributed by atoms with van der Waals surface area (Å²) in [5.41, 5.74) is 1.39. The Labute approximate surface area is 186 Å². The van der Waals surface area contributed by atoms with Gasteiger partial charge in [0, 0.05) is 28.2 Å². The molecule has 0 saturated carbocycles. The van der Waals surface area contributed by atoms with Crippen LogP contribution in [0.25, 0.3) is 0 Å². The summed E-state index contributed by atoms with van der Waals surface area (Å²) < 4.78 is 0. The van der Waals surface area contributed by atoms with Gasteiger partial charge in [0.1, 0.15) is 0 Å². The number of nitrogens with zero attached hydrogens (tertiary/aromatic N) is 2. The molecule has 2 atom stereocenters. The fourth-order valence-electron chi connectivity index (χ4n) is 4.05. The van der Waals surface area contributed by atoms with Crippen molar-refractivity contribution in [2.45, 2.75) is 65.0 Å². The molecule has 4 heteroatoms. The van der Waals surface area contributed by atoms with E-state index in [1.807, 2.05) is 24.3 Å². The lowest BCUT2D eigenvalue weighted by Crippen LogP contribution is -2.37. The quantitative estimate of drug-likeness (QED) is 0.390. The number of hydrogen-bond donors (Lipinski definition) is 0. The summed E-state index contributed by atoms with van der Waals surface area (Å²) in [6.45, 7) is 10.6. The third kappa shape index (κ3) is 5.76. The Kier molecular flexibility index (Phi) is 9.03. The van der Waals surface area contributed by atoms with Crippen molar-refractivity contribution in [3.8, 4) is 6.07 Å². The Morgan fingerprint density at radius 1 is 1.00 bits per heavy atom. The summed E-state index contributed by atoms with van der Waals surface area (Å²) in [4.78, 5) is 2.51. The van der Waals surface area contributed by atoms with Gasteiger partial charge in [-0.15, -0.1) is 0 Å². The van der Waals surface area contributed by atoms with E-state index in [2.05, 4.69) is 62.9 Å². The van der Waals surface area contributed by atoms with E-state index in [1.54, 1.807) is 0 Å². The van der Waals surface area contributed by atoms with E-state index in [0.717, 1.165) is 37.9 Å². The van der Waals surface area contributed by atoms with Crippen LogP contribution in [0.3, 0.4) is 0 Å². The maximum Gasteiger partial charge on any atom is 0.0874 e. The van der Waals surface area contributed by atoms with Crippen LogP contribution in [0.2, 0.25) is 10.0 Å². The first-order valence-electron chi connectivity index (χ1n) is 10.5. The molecule has 156 valence electrons. The highest BCUT2D eigenvalue weighted by Crippen LogP contribution is 2.44. The van der Waals surface area contributed by atoms with Gasteiger partial charge >= 0.3 is 0 Å². The molecule has 0 amide bonds. The van der Waals surface area contributed by atoms with Crippen molar-refractivity contribution in [3.63, 3.8) is 0 Å². The molecule has 0 aromatic heterocycles. The molecule has 0 aliphatic heterocycles. The summed E-state index contributed by atoms with van der Waals surface area (Å²) >= 11 is 13.1. The van der Waals surface area contributed by atoms with Crippen LogP contribution in [0, 0.1) is 17.2 Å². The van der Waals surface area contributed by atoms with Crippen molar-refractivity contribution in [2.75, 3.05) is 6.54 Å². The largest absolute Gasteiger partial charge is 0.296 e. The summed E-state index contributed by atoms with van der Waals surface area (Å²) in [6, 6.07) is 19.0. The molecule has 2 unspecified atom stereocenters. The second-order valence-corrected chi connectivity index (χ2v) is 8.99. The van der Waals surface area contributed by atoms with Crippen LogP contribution < -0.4 is 0 Å². The Bertz CT molecular complexity index is 793. The second-order valence-electron chi connectivity index (χ2n) is 8.18. The first kappa shape index (κ1) is 23.7. The standard InChI is InChI=1S/C25H32Cl2N2/c1-5-16-29(17-21-10-7-6-8-11-21)20(4)14-15-25(18-28,19(2)3)24-22(26)12-9-13-23(24)27/h6-13,19-20H,5,14-17H2,1-4H3. The first-order chi connectivity index (χ1) is 13.9. The Morgan fingerprint density at radius 3 is 2.14 bits per heavy atom. The maximum absolute atomic E-state index is 10.3. The van der Waals surface area contributed by atoms with E-state index < -0.39 is 5.41 Å². The fraction of sp³-hybridized carbons (Fsp3) is 0.480. The monoisotopic (exact) mass is 430 g/mol. The number of benzene rings is 2. The van der Waals surface area contributed by atoms with Gasteiger partial charge in [0.2, 0.25) is 0 Å². The van der Waals surface area contributed by atoms with Crippen LogP contribution in [0.1, 0.15) is 58.1 Å². The molecule has 2 nitrogen and oxygen atoms in total. The molecular formula is C25H32Cl2N2. The zero-order valence-electron chi connectivity index (χ0n) is 18.0. The highest BCUT2D eigenvalue weighted by atomic mass is 35.5. The van der Waals surface area contributed by atoms with Gasteiger partial charge in [0.05, 0.1) is 11.5 Å². The SMILES string of the molecule is CCCN(Cc1ccccc1)C(C)CCC(C#N)(c1c(Cl)cccc1Cl)C(C)C. The topological polar surface area (TPSA) is 27.0 Å². The fourth-order valence-corrected chi connectivity index (χ4v) is 4.78. The van der Waals surface area contributed by atoms with E-state index in [1.165, 1.54) is 5.56 Å². The lowest BCUT2D eigenvalue weighted by atomic mass is 9.69. The number of rotatable bonds is 10. The molecule has 0 heterocycles. The number of nitriles is 1. The molecule has 0 bridgehead atoms. The molecular weight excluding hydrogens is 399 g/mol. The Morgan fingerprint density at radius 2 is 1.62 bits per heavy atom. The van der Waals surface area contributed by atoms with E-state index in [9.17, 15) is 5.26 Å². The third-order valence-corrected chi connectivity index (χ3v) is 6.54. The molecule has 0 saturated heterocycles. The maximum atomic E-state index is 10.3. The van der Waals surface area contributed by atoms with Crippen LogP contribution in [-0.2, 0) is 12.0 Å². The van der Waals surface area contributed by atoms with Crippen LogP contribution >= 0.6 is 23.2 Å². The van der Waals surface area contributed by atoms with Gasteiger partial charge in [0.15, 0.2) is 0 Å². The smallest absolute Gasteiger partial charge is 0.0874 e. The number of hydrogen-bond acceptors (Lipinski definition) is 2. The molecule has 0 fully saturated rings. The number of halogens is 2. The van der Waals surface area contributed by atoms with E-state index in [4.69, 9.17) is 23.2 Å². The minimum atomic E-state index is -0.700. The van der Waals surface area contributed by atoms with E-state index in [-0.39, 0.29) is 5.92 Å². The van der Waals surface area contributed by atoms with Gasteiger partial charge in [0.25, 0.3) is 0 Å². The molecule has 2 aromatic carbocycles. The highest BCUT2D eigenvalue weighted by Gasteiger charge is 2.39. The van der Waals surface area contributed by atoms with Crippen molar-refractivity contribution >= 4 is 23.2 Å². The predicted molar refractivity (Wildman–Crippen MR) is 124 cm³/mol. The average Bonchev–Trinajstić information content (AvgIpc) is 2.70. The van der Waals surface area contributed by atoms with Crippen molar-refractivity contribution in [3.05, 3.63) is 69.7 Å². The molecule has 2 rings (SSSR count). The van der Waals surface area contributed by atoms with Gasteiger partial charge in [-0.05, 0) is 56.3 Å². The lowest BCUT2D eigenvalue weighted by Gasteiger charge is -2.36. The van der Waals surface area contributed by atoms with Gasteiger partial charge in [-0.3, -0.25) is 4.90 Å². The summed E-state index contributed by atoms with van der Waals surface area (Å²) in [6.07, 6.45) is 2.72. The first-order valence-corrected chi connectivity index (χ1v) is 11.2. The van der Waals surface area contributed by atoms with E-state index in [0.29, 0.717) is 16.1 Å². The molecule has 2 aromatic rings. The molecule has 0 N–H and O–H groups in total. The van der Waals surface area contributed by atoms with Gasteiger partial charge < -0.3 is 0 Å². The zero-order valence-corrected chi connectivity index (χ0v) is 19.5. The predicted octanol–water partition coefficient (Wildman–Crippen LogP) is 7.49. The zero-order chi connectivity index (χ0) is 21.4. The van der Waals surface area contributed by atoms with Crippen molar-refractivity contribution in [1.82, 2.24) is 4.90 Å². The van der Waals surface area contributed by atoms with Gasteiger partial charge in [-0.2, -0.15) is 5.26 Å². The normalized spacial score (nSPS) is 14.6. The minimum Gasteiger partial charge on any atom is -0.296 e. The van der Waals surface area contributed by atoms with Crippen LogP contribution in [0.5, 0.6) is 0 Å². The average molecular weight is 431 g/mol. The van der Waals surface area contributed by atoms with Crippen molar-refractivity contribution in [2.24, 2.45) is 5.92 Å². The summed E-state index contributed by atoms with van der Waals surface area (Å²) in [7, 11) is 0. The van der Waals surface area contributed by atoms with Crippen molar-refractivity contribution in [1.29, 1.82) is 5.26 Å². The van der Waals surface area contributed by atoms with Gasteiger partial charge in [-0.25, -0.2) is 0 Å². The van der Waals surface area contributed by atoms with Crippen LogP contribution in [0.4, 0.5) is 0 Å². The summed E-state index contributed by atoms with van der Waals surface area (Å²) in [5.74, 6) is 0.103. The lowest BCUT2D eigenvalue weighted by molar-refractivity contribution is 0.177. The Balaban J connectivity index is 2.24. The second kappa shape index (κ2) is 11.0.